The first-order chi connectivity index (χ1) is 13.3. The SMILES string of the molecule is CCCOc1ccc2c(C(=O)c3ccccc3)c(-c3ccccc3)sc2c1. The minimum absolute atomic E-state index is 0.0583. The van der Waals surface area contributed by atoms with E-state index in [1.165, 1.54) is 0 Å². The predicted octanol–water partition coefficient (Wildman–Crippen LogP) is 6.59. The molecule has 0 fully saturated rings. The normalized spacial score (nSPS) is 10.9. The second-order valence-corrected chi connectivity index (χ2v) is 7.43. The summed E-state index contributed by atoms with van der Waals surface area (Å²) in [6.45, 7) is 2.78. The first kappa shape index (κ1) is 17.5. The third-order valence-corrected chi connectivity index (χ3v) is 5.63. The molecule has 0 amide bonds. The van der Waals surface area contributed by atoms with Gasteiger partial charge < -0.3 is 4.74 Å². The molecule has 0 saturated heterocycles. The van der Waals surface area contributed by atoms with Gasteiger partial charge in [-0.15, -0.1) is 11.3 Å². The van der Waals surface area contributed by atoms with Crippen LogP contribution in [0, 0.1) is 0 Å². The Hall–Kier alpha value is -2.91. The second kappa shape index (κ2) is 7.77. The number of benzene rings is 3. The van der Waals surface area contributed by atoms with Gasteiger partial charge in [-0.3, -0.25) is 4.79 Å². The standard InChI is InChI=1S/C24H20O2S/c1-2-15-26-19-13-14-20-21(16-19)27-24(18-11-7-4-8-12-18)22(20)23(25)17-9-5-3-6-10-17/h3-14,16H,2,15H2,1H3. The molecule has 3 aromatic carbocycles. The quantitative estimate of drug-likeness (QED) is 0.357. The Bertz CT molecular complexity index is 1070. The van der Waals surface area contributed by atoms with Crippen LogP contribution in [0.3, 0.4) is 0 Å². The van der Waals surface area contributed by atoms with Crippen LogP contribution in [0.25, 0.3) is 20.5 Å². The Labute approximate surface area is 163 Å². The molecule has 0 atom stereocenters. The largest absolute Gasteiger partial charge is 0.494 e. The van der Waals surface area contributed by atoms with E-state index in [-0.39, 0.29) is 5.78 Å². The molecular formula is C24H20O2S. The average molecular weight is 372 g/mol. The molecule has 0 saturated carbocycles. The number of carbonyl (C=O) groups excluding carboxylic acids is 1. The van der Waals surface area contributed by atoms with E-state index in [0.717, 1.165) is 38.3 Å². The van der Waals surface area contributed by atoms with Gasteiger partial charge in [-0.1, -0.05) is 67.6 Å². The zero-order chi connectivity index (χ0) is 18.6. The van der Waals surface area contributed by atoms with Crippen molar-refractivity contribution in [3.63, 3.8) is 0 Å². The van der Waals surface area contributed by atoms with Crippen molar-refractivity contribution in [2.24, 2.45) is 0 Å². The third kappa shape index (κ3) is 3.51. The number of hydrogen-bond acceptors (Lipinski definition) is 3. The van der Waals surface area contributed by atoms with E-state index < -0.39 is 0 Å². The van der Waals surface area contributed by atoms with Gasteiger partial charge in [-0.2, -0.15) is 0 Å². The fraction of sp³-hybridized carbons (Fsp3) is 0.125. The van der Waals surface area contributed by atoms with E-state index in [1.807, 2.05) is 66.7 Å². The molecule has 1 heterocycles. The summed E-state index contributed by atoms with van der Waals surface area (Å²) in [5.41, 5.74) is 2.55. The zero-order valence-electron chi connectivity index (χ0n) is 15.1. The summed E-state index contributed by atoms with van der Waals surface area (Å²) in [6, 6.07) is 25.6. The van der Waals surface area contributed by atoms with Crippen LogP contribution in [0.1, 0.15) is 29.3 Å². The molecule has 0 N–H and O–H groups in total. The maximum Gasteiger partial charge on any atom is 0.195 e. The molecule has 3 heteroatoms. The highest BCUT2D eigenvalue weighted by molar-refractivity contribution is 7.22. The van der Waals surface area contributed by atoms with Crippen LogP contribution < -0.4 is 4.74 Å². The summed E-state index contributed by atoms with van der Waals surface area (Å²) in [5, 5.41) is 0.983. The molecule has 0 bridgehead atoms. The van der Waals surface area contributed by atoms with E-state index in [9.17, 15) is 4.79 Å². The summed E-state index contributed by atoms with van der Waals surface area (Å²) < 4.78 is 6.86. The Morgan fingerprint density at radius 2 is 1.63 bits per heavy atom. The van der Waals surface area contributed by atoms with Crippen molar-refractivity contribution in [1.29, 1.82) is 0 Å². The lowest BCUT2D eigenvalue weighted by Gasteiger charge is -2.06. The van der Waals surface area contributed by atoms with Crippen LogP contribution in [-0.2, 0) is 0 Å². The number of ether oxygens (including phenoxy) is 1. The highest BCUT2D eigenvalue weighted by Gasteiger charge is 2.21. The number of hydrogen-bond donors (Lipinski definition) is 0. The summed E-state index contributed by atoms with van der Waals surface area (Å²) in [7, 11) is 0. The van der Waals surface area contributed by atoms with Crippen molar-refractivity contribution in [3.8, 4) is 16.2 Å². The number of rotatable bonds is 6. The minimum Gasteiger partial charge on any atom is -0.494 e. The molecule has 0 aliphatic heterocycles. The van der Waals surface area contributed by atoms with E-state index in [4.69, 9.17) is 4.74 Å². The molecular weight excluding hydrogens is 352 g/mol. The van der Waals surface area contributed by atoms with Gasteiger partial charge in [-0.25, -0.2) is 0 Å². The molecule has 1 aromatic heterocycles. The Balaban J connectivity index is 1.90. The zero-order valence-corrected chi connectivity index (χ0v) is 16.0. The summed E-state index contributed by atoms with van der Waals surface area (Å²) >= 11 is 1.65. The fourth-order valence-electron chi connectivity index (χ4n) is 3.14. The summed E-state index contributed by atoms with van der Waals surface area (Å²) in [6.07, 6.45) is 0.968. The molecule has 134 valence electrons. The number of ketones is 1. The van der Waals surface area contributed by atoms with Gasteiger partial charge in [-0.05, 0) is 30.2 Å². The molecule has 27 heavy (non-hydrogen) atoms. The van der Waals surface area contributed by atoms with Gasteiger partial charge in [0.05, 0.1) is 6.61 Å². The Kier molecular flexibility index (Phi) is 5.03. The van der Waals surface area contributed by atoms with Gasteiger partial charge in [0.1, 0.15) is 5.75 Å². The van der Waals surface area contributed by atoms with Crippen molar-refractivity contribution in [2.45, 2.75) is 13.3 Å². The number of thiophene rings is 1. The monoisotopic (exact) mass is 372 g/mol. The van der Waals surface area contributed by atoms with Crippen molar-refractivity contribution in [3.05, 3.63) is 90.0 Å². The van der Waals surface area contributed by atoms with Gasteiger partial charge in [0, 0.05) is 26.1 Å². The average Bonchev–Trinajstić information content (AvgIpc) is 3.11. The van der Waals surface area contributed by atoms with E-state index >= 15 is 0 Å². The van der Waals surface area contributed by atoms with Gasteiger partial charge in [0.15, 0.2) is 5.78 Å². The Morgan fingerprint density at radius 3 is 2.33 bits per heavy atom. The van der Waals surface area contributed by atoms with Crippen LogP contribution in [0.5, 0.6) is 5.75 Å². The maximum absolute atomic E-state index is 13.3. The summed E-state index contributed by atoms with van der Waals surface area (Å²) in [4.78, 5) is 14.4. The molecule has 4 aromatic rings. The molecule has 0 unspecified atom stereocenters. The molecule has 0 spiro atoms. The van der Waals surface area contributed by atoms with Gasteiger partial charge in [0.25, 0.3) is 0 Å². The molecule has 2 nitrogen and oxygen atoms in total. The lowest BCUT2D eigenvalue weighted by Crippen LogP contribution is -2.01. The lowest BCUT2D eigenvalue weighted by molar-refractivity contribution is 0.104. The highest BCUT2D eigenvalue weighted by atomic mass is 32.1. The lowest BCUT2D eigenvalue weighted by atomic mass is 9.97. The van der Waals surface area contributed by atoms with Crippen molar-refractivity contribution in [1.82, 2.24) is 0 Å². The topological polar surface area (TPSA) is 26.3 Å². The van der Waals surface area contributed by atoms with Crippen LogP contribution >= 0.6 is 11.3 Å². The third-order valence-electron chi connectivity index (χ3n) is 4.43. The first-order valence-corrected chi connectivity index (χ1v) is 9.94. The van der Waals surface area contributed by atoms with Crippen LogP contribution in [0.2, 0.25) is 0 Å². The fourth-order valence-corrected chi connectivity index (χ4v) is 4.37. The number of carbonyl (C=O) groups is 1. The van der Waals surface area contributed by atoms with Crippen LogP contribution in [-0.4, -0.2) is 12.4 Å². The molecule has 0 aliphatic rings. The van der Waals surface area contributed by atoms with Crippen molar-refractivity contribution in [2.75, 3.05) is 6.61 Å². The first-order valence-electron chi connectivity index (χ1n) is 9.12. The van der Waals surface area contributed by atoms with Crippen LogP contribution in [0.15, 0.2) is 78.9 Å². The molecule has 0 aliphatic carbocycles. The van der Waals surface area contributed by atoms with Crippen LogP contribution in [0.4, 0.5) is 0 Å². The predicted molar refractivity (Wildman–Crippen MR) is 113 cm³/mol. The number of fused-ring (bicyclic) bond motifs is 1. The van der Waals surface area contributed by atoms with Crippen molar-refractivity contribution >= 4 is 27.2 Å². The highest BCUT2D eigenvalue weighted by Crippen LogP contribution is 2.41. The van der Waals surface area contributed by atoms with E-state index in [1.54, 1.807) is 11.3 Å². The maximum atomic E-state index is 13.3. The van der Waals surface area contributed by atoms with Gasteiger partial charge in [0.2, 0.25) is 0 Å². The smallest absolute Gasteiger partial charge is 0.195 e. The second-order valence-electron chi connectivity index (χ2n) is 6.37. The van der Waals surface area contributed by atoms with E-state index in [0.29, 0.717) is 12.2 Å². The van der Waals surface area contributed by atoms with E-state index in [2.05, 4.69) is 19.1 Å². The van der Waals surface area contributed by atoms with Crippen molar-refractivity contribution < 1.29 is 9.53 Å². The Morgan fingerprint density at radius 1 is 0.926 bits per heavy atom. The summed E-state index contributed by atoms with van der Waals surface area (Å²) in [5.74, 6) is 0.909. The molecule has 4 rings (SSSR count). The minimum atomic E-state index is 0.0583. The van der Waals surface area contributed by atoms with Gasteiger partial charge >= 0.3 is 0 Å². The molecule has 0 radical (unpaired) electrons.